The minimum atomic E-state index is -2.99. The first-order valence-electron chi connectivity index (χ1n) is 3.63. The van der Waals surface area contributed by atoms with Gasteiger partial charge in [-0.2, -0.15) is 14.0 Å². The Morgan fingerprint density at radius 1 is 1.50 bits per heavy atom. The van der Waals surface area contributed by atoms with E-state index in [0.717, 1.165) is 0 Å². The maximum absolute atomic E-state index is 12.0. The van der Waals surface area contributed by atoms with Gasteiger partial charge in [0.15, 0.2) is 5.75 Å². The number of para-hydroxylation sites is 1. The fourth-order valence-electron chi connectivity index (χ4n) is 0.955. The molecule has 0 fully saturated rings. The first-order chi connectivity index (χ1) is 6.69. The molecule has 0 spiro atoms. The van der Waals surface area contributed by atoms with E-state index in [1.165, 1.54) is 18.2 Å². The zero-order valence-corrected chi connectivity index (χ0v) is 7.00. The number of alkyl halides is 2. The van der Waals surface area contributed by atoms with Gasteiger partial charge in [0.2, 0.25) is 0 Å². The van der Waals surface area contributed by atoms with Gasteiger partial charge >= 0.3 is 6.61 Å². The Labute approximate surface area is 78.9 Å². The van der Waals surface area contributed by atoms with Crippen LogP contribution in [0.4, 0.5) is 14.5 Å². The van der Waals surface area contributed by atoms with Crippen LogP contribution in [0.1, 0.15) is 5.56 Å². The highest BCUT2D eigenvalue weighted by molar-refractivity contribution is 5.62. The number of ether oxygens (including phenoxy) is 1. The van der Waals surface area contributed by atoms with E-state index < -0.39 is 6.61 Å². The van der Waals surface area contributed by atoms with E-state index in [1.807, 2.05) is 0 Å². The molecule has 0 aliphatic heterocycles. The van der Waals surface area contributed by atoms with Gasteiger partial charge in [0, 0.05) is 0 Å². The summed E-state index contributed by atoms with van der Waals surface area (Å²) >= 11 is 0. The summed E-state index contributed by atoms with van der Waals surface area (Å²) in [4.78, 5) is 0. The highest BCUT2D eigenvalue weighted by Crippen LogP contribution is 2.28. The number of nitriles is 1. The average Bonchev–Trinajstić information content (AvgIpc) is 2.17. The maximum atomic E-state index is 12.0. The van der Waals surface area contributed by atoms with Crippen LogP contribution in [0.3, 0.4) is 0 Å². The predicted molar refractivity (Wildman–Crippen MR) is 45.6 cm³/mol. The third-order valence-electron chi connectivity index (χ3n) is 1.50. The van der Waals surface area contributed by atoms with E-state index in [9.17, 15) is 8.78 Å². The monoisotopic (exact) mass is 199 g/mol. The number of nitrogens with one attached hydrogen (secondary N) is 1. The van der Waals surface area contributed by atoms with Gasteiger partial charge in [-0.05, 0) is 12.1 Å². The third kappa shape index (κ3) is 2.08. The largest absolute Gasteiger partial charge is 0.431 e. The van der Waals surface area contributed by atoms with Gasteiger partial charge in [-0.1, -0.05) is 6.07 Å². The Morgan fingerprint density at radius 3 is 2.71 bits per heavy atom. The zero-order chi connectivity index (χ0) is 10.6. The number of halogens is 2. The second-order valence-electron chi connectivity index (χ2n) is 2.32. The van der Waals surface area contributed by atoms with Gasteiger partial charge in [-0.25, -0.2) is 0 Å². The number of hydrogen-bond acceptors (Lipinski definition) is 4. The molecule has 0 heterocycles. The van der Waals surface area contributed by atoms with Crippen LogP contribution in [0.25, 0.3) is 0 Å². The van der Waals surface area contributed by atoms with Crippen LogP contribution in [0.5, 0.6) is 5.75 Å². The standard InChI is InChI=1S/C8H7F2N3O/c9-8(10)14-7-5(4-11)2-1-3-6(7)13-12/h1-3,8,13H,12H2. The molecule has 1 aromatic rings. The van der Waals surface area contributed by atoms with Crippen LogP contribution >= 0.6 is 0 Å². The first kappa shape index (κ1) is 10.2. The lowest BCUT2D eigenvalue weighted by atomic mass is 10.2. The molecule has 0 aromatic heterocycles. The quantitative estimate of drug-likeness (QED) is 0.570. The molecule has 0 aliphatic rings. The summed E-state index contributed by atoms with van der Waals surface area (Å²) in [7, 11) is 0. The van der Waals surface area contributed by atoms with E-state index in [-0.39, 0.29) is 17.0 Å². The maximum Gasteiger partial charge on any atom is 0.387 e. The summed E-state index contributed by atoms with van der Waals surface area (Å²) in [6.45, 7) is -2.99. The van der Waals surface area contributed by atoms with Crippen molar-refractivity contribution in [2.45, 2.75) is 6.61 Å². The molecule has 0 radical (unpaired) electrons. The molecule has 0 unspecified atom stereocenters. The molecule has 14 heavy (non-hydrogen) atoms. The average molecular weight is 199 g/mol. The molecule has 0 amide bonds. The van der Waals surface area contributed by atoms with Crippen molar-refractivity contribution in [1.82, 2.24) is 0 Å². The van der Waals surface area contributed by atoms with Gasteiger partial charge in [0.05, 0.1) is 11.3 Å². The topological polar surface area (TPSA) is 71.1 Å². The van der Waals surface area contributed by atoms with E-state index in [1.54, 1.807) is 6.07 Å². The van der Waals surface area contributed by atoms with Gasteiger partial charge < -0.3 is 10.2 Å². The summed E-state index contributed by atoms with van der Waals surface area (Å²) in [5.41, 5.74) is 2.31. The SMILES string of the molecule is N#Cc1cccc(NN)c1OC(F)F. The van der Waals surface area contributed by atoms with Crippen molar-refractivity contribution in [3.8, 4) is 11.8 Å². The Morgan fingerprint density at radius 2 is 2.21 bits per heavy atom. The number of nitrogens with two attached hydrogens (primary N) is 1. The molecule has 0 aliphatic carbocycles. The lowest BCUT2D eigenvalue weighted by Crippen LogP contribution is -2.11. The summed E-state index contributed by atoms with van der Waals surface area (Å²) < 4.78 is 28.1. The Balaban J connectivity index is 3.14. The van der Waals surface area contributed by atoms with Crippen molar-refractivity contribution in [1.29, 1.82) is 5.26 Å². The smallest absolute Gasteiger partial charge is 0.387 e. The van der Waals surface area contributed by atoms with Gasteiger partial charge in [-0.3, -0.25) is 5.84 Å². The lowest BCUT2D eigenvalue weighted by molar-refractivity contribution is -0.0495. The highest BCUT2D eigenvalue weighted by atomic mass is 19.3. The number of hydrazine groups is 1. The number of rotatable bonds is 3. The number of anilines is 1. The van der Waals surface area contributed by atoms with Crippen LogP contribution in [-0.2, 0) is 0 Å². The van der Waals surface area contributed by atoms with E-state index in [2.05, 4.69) is 10.2 Å². The Kier molecular flexibility index (Phi) is 3.20. The van der Waals surface area contributed by atoms with Crippen molar-refractivity contribution in [2.24, 2.45) is 5.84 Å². The summed E-state index contributed by atoms with van der Waals surface area (Å²) in [5, 5.41) is 8.61. The molecule has 0 atom stereocenters. The van der Waals surface area contributed by atoms with Crippen LogP contribution in [0.2, 0.25) is 0 Å². The van der Waals surface area contributed by atoms with Gasteiger partial charge in [0.25, 0.3) is 0 Å². The number of nitrogens with zero attached hydrogens (tertiary/aromatic N) is 1. The summed E-state index contributed by atoms with van der Waals surface area (Å²) in [6.07, 6.45) is 0. The summed E-state index contributed by atoms with van der Waals surface area (Å²) in [6, 6.07) is 6.02. The van der Waals surface area contributed by atoms with Crippen LogP contribution in [-0.4, -0.2) is 6.61 Å². The molecule has 0 bridgehead atoms. The van der Waals surface area contributed by atoms with Crippen molar-refractivity contribution >= 4 is 5.69 Å². The molecular formula is C8H7F2N3O. The molecule has 74 valence electrons. The van der Waals surface area contributed by atoms with Crippen LogP contribution in [0, 0.1) is 11.3 Å². The van der Waals surface area contributed by atoms with Crippen molar-refractivity contribution < 1.29 is 13.5 Å². The number of benzene rings is 1. The van der Waals surface area contributed by atoms with Crippen LogP contribution in [0.15, 0.2) is 18.2 Å². The lowest BCUT2D eigenvalue weighted by Gasteiger charge is -2.10. The van der Waals surface area contributed by atoms with E-state index in [0.29, 0.717) is 0 Å². The molecule has 4 nitrogen and oxygen atoms in total. The van der Waals surface area contributed by atoms with Crippen molar-refractivity contribution in [3.05, 3.63) is 23.8 Å². The molecule has 6 heteroatoms. The van der Waals surface area contributed by atoms with E-state index in [4.69, 9.17) is 11.1 Å². The second-order valence-corrected chi connectivity index (χ2v) is 2.32. The molecule has 3 N–H and O–H groups in total. The normalized spacial score (nSPS) is 9.64. The third-order valence-corrected chi connectivity index (χ3v) is 1.50. The molecule has 1 rings (SSSR count). The molecule has 0 saturated carbocycles. The van der Waals surface area contributed by atoms with Crippen molar-refractivity contribution in [3.63, 3.8) is 0 Å². The van der Waals surface area contributed by atoms with Gasteiger partial charge in [0.1, 0.15) is 6.07 Å². The first-order valence-corrected chi connectivity index (χ1v) is 3.63. The molecule has 1 aromatic carbocycles. The number of nitrogen functional groups attached to an aromatic ring is 1. The Hall–Kier alpha value is -1.87. The zero-order valence-electron chi connectivity index (χ0n) is 7.00. The highest BCUT2D eigenvalue weighted by Gasteiger charge is 2.13. The second kappa shape index (κ2) is 4.39. The fourth-order valence-corrected chi connectivity index (χ4v) is 0.955. The molecule has 0 saturated heterocycles. The summed E-state index contributed by atoms with van der Waals surface area (Å²) in [5.74, 6) is 4.82. The van der Waals surface area contributed by atoms with Crippen LogP contribution < -0.4 is 16.0 Å². The minimum Gasteiger partial charge on any atom is -0.431 e. The Bertz CT molecular complexity index is 362. The van der Waals surface area contributed by atoms with Crippen molar-refractivity contribution in [2.75, 3.05) is 5.43 Å². The van der Waals surface area contributed by atoms with Gasteiger partial charge in [-0.15, -0.1) is 0 Å². The fraction of sp³-hybridized carbons (Fsp3) is 0.125. The number of hydrogen-bond donors (Lipinski definition) is 2. The van der Waals surface area contributed by atoms with E-state index >= 15 is 0 Å². The predicted octanol–water partition coefficient (Wildman–Crippen LogP) is 1.45. The minimum absolute atomic E-state index is 0.000694. The molecular weight excluding hydrogens is 192 g/mol.